The van der Waals surface area contributed by atoms with Crippen LogP contribution >= 0.6 is 11.3 Å². The molecular formula is C18H17N5O2S. The molecule has 2 aromatic heterocycles. The van der Waals surface area contributed by atoms with Crippen molar-refractivity contribution in [2.75, 3.05) is 12.4 Å². The van der Waals surface area contributed by atoms with Crippen molar-refractivity contribution in [3.8, 4) is 16.5 Å². The molecule has 3 heterocycles. The van der Waals surface area contributed by atoms with Crippen molar-refractivity contribution >= 4 is 23.2 Å². The first-order valence-electron chi connectivity index (χ1n) is 8.00. The molecule has 132 valence electrons. The maximum absolute atomic E-state index is 12.2. The molecule has 7 nitrogen and oxygen atoms in total. The van der Waals surface area contributed by atoms with E-state index in [0.29, 0.717) is 28.8 Å². The van der Waals surface area contributed by atoms with Crippen LogP contribution in [0.5, 0.6) is 5.75 Å². The molecule has 1 aliphatic rings. The second kappa shape index (κ2) is 6.30. The highest BCUT2D eigenvalue weighted by molar-refractivity contribution is 7.13. The maximum Gasteiger partial charge on any atom is 0.248 e. The molecule has 0 saturated carbocycles. The van der Waals surface area contributed by atoms with Gasteiger partial charge < -0.3 is 15.8 Å². The Hall–Kier alpha value is -3.13. The van der Waals surface area contributed by atoms with Crippen molar-refractivity contribution in [3.63, 3.8) is 0 Å². The lowest BCUT2D eigenvalue weighted by atomic mass is 9.95. The fraction of sp³-hybridized carbons (Fsp3) is 0.167. The average Bonchev–Trinajstić information content (AvgIpc) is 3.29. The SMILES string of the molecule is COc1cccc([C@@H]2C(C(N)=O)=C(C)Nc3nc(-c4cccs4)nn32)c1. The number of rotatable bonds is 4. The minimum Gasteiger partial charge on any atom is -0.497 e. The minimum atomic E-state index is -0.498. The molecule has 1 atom stereocenters. The highest BCUT2D eigenvalue weighted by atomic mass is 32.1. The summed E-state index contributed by atoms with van der Waals surface area (Å²) in [5.41, 5.74) is 7.66. The van der Waals surface area contributed by atoms with E-state index in [1.807, 2.05) is 48.7 Å². The summed E-state index contributed by atoms with van der Waals surface area (Å²) in [5.74, 6) is 1.38. The second-order valence-corrected chi connectivity index (χ2v) is 6.84. The van der Waals surface area contributed by atoms with Gasteiger partial charge in [-0.25, -0.2) is 4.68 Å². The van der Waals surface area contributed by atoms with Crippen LogP contribution in [0.3, 0.4) is 0 Å². The molecule has 0 unspecified atom stereocenters. The average molecular weight is 367 g/mol. The molecular weight excluding hydrogens is 350 g/mol. The molecule has 26 heavy (non-hydrogen) atoms. The van der Waals surface area contributed by atoms with Crippen LogP contribution in [0.1, 0.15) is 18.5 Å². The summed E-state index contributed by atoms with van der Waals surface area (Å²) in [6.45, 7) is 1.82. The topological polar surface area (TPSA) is 95.1 Å². The number of benzene rings is 1. The molecule has 1 aromatic carbocycles. The highest BCUT2D eigenvalue weighted by Crippen LogP contribution is 2.37. The maximum atomic E-state index is 12.2. The third-order valence-corrected chi connectivity index (χ3v) is 5.13. The largest absolute Gasteiger partial charge is 0.497 e. The first kappa shape index (κ1) is 16.3. The number of anilines is 1. The van der Waals surface area contributed by atoms with E-state index < -0.39 is 11.9 Å². The van der Waals surface area contributed by atoms with Gasteiger partial charge in [0.05, 0.1) is 17.6 Å². The number of aromatic nitrogens is 3. The molecule has 0 fully saturated rings. The number of ether oxygens (including phenoxy) is 1. The Morgan fingerprint density at radius 2 is 2.19 bits per heavy atom. The number of primary amides is 1. The molecule has 0 spiro atoms. The number of carbonyl (C=O) groups is 1. The van der Waals surface area contributed by atoms with Crippen molar-refractivity contribution in [1.82, 2.24) is 14.8 Å². The van der Waals surface area contributed by atoms with E-state index in [4.69, 9.17) is 10.5 Å². The number of hydrogen-bond acceptors (Lipinski definition) is 6. The van der Waals surface area contributed by atoms with Gasteiger partial charge in [0.2, 0.25) is 11.9 Å². The van der Waals surface area contributed by atoms with Crippen LogP contribution in [0.25, 0.3) is 10.7 Å². The van der Waals surface area contributed by atoms with Crippen LogP contribution in [0.15, 0.2) is 53.0 Å². The molecule has 0 saturated heterocycles. The van der Waals surface area contributed by atoms with Gasteiger partial charge in [-0.1, -0.05) is 18.2 Å². The van der Waals surface area contributed by atoms with Crippen molar-refractivity contribution < 1.29 is 9.53 Å². The van der Waals surface area contributed by atoms with E-state index in [9.17, 15) is 4.79 Å². The zero-order chi connectivity index (χ0) is 18.3. The number of methoxy groups -OCH3 is 1. The van der Waals surface area contributed by atoms with E-state index in [1.165, 1.54) is 0 Å². The van der Waals surface area contributed by atoms with E-state index in [2.05, 4.69) is 15.4 Å². The van der Waals surface area contributed by atoms with Crippen LogP contribution in [0.4, 0.5) is 5.95 Å². The number of nitrogens with zero attached hydrogens (tertiary/aromatic N) is 3. The van der Waals surface area contributed by atoms with Gasteiger partial charge in [0.15, 0.2) is 5.82 Å². The van der Waals surface area contributed by atoms with E-state index in [-0.39, 0.29) is 0 Å². The molecule has 0 radical (unpaired) electrons. The zero-order valence-electron chi connectivity index (χ0n) is 14.3. The summed E-state index contributed by atoms with van der Waals surface area (Å²) in [6.07, 6.45) is 0. The minimum absolute atomic E-state index is 0.452. The number of allylic oxidation sites excluding steroid dienone is 1. The van der Waals surface area contributed by atoms with Crippen LogP contribution in [-0.2, 0) is 4.79 Å². The molecule has 1 aliphatic heterocycles. The van der Waals surface area contributed by atoms with Crippen LogP contribution in [0, 0.1) is 0 Å². The molecule has 1 amide bonds. The quantitative estimate of drug-likeness (QED) is 0.739. The lowest BCUT2D eigenvalue weighted by Gasteiger charge is -2.27. The van der Waals surface area contributed by atoms with Gasteiger partial charge in [0.25, 0.3) is 0 Å². The van der Waals surface area contributed by atoms with Gasteiger partial charge in [0, 0.05) is 5.70 Å². The lowest BCUT2D eigenvalue weighted by molar-refractivity contribution is -0.115. The molecule has 0 bridgehead atoms. The molecule has 3 aromatic rings. The molecule has 4 rings (SSSR count). The Kier molecular flexibility index (Phi) is 3.96. The Morgan fingerprint density at radius 1 is 1.35 bits per heavy atom. The predicted molar refractivity (Wildman–Crippen MR) is 100.0 cm³/mol. The fourth-order valence-corrected chi connectivity index (χ4v) is 3.75. The first-order chi connectivity index (χ1) is 12.6. The van der Waals surface area contributed by atoms with Gasteiger partial charge in [-0.2, -0.15) is 4.98 Å². The lowest BCUT2D eigenvalue weighted by Crippen LogP contribution is -2.31. The summed E-state index contributed by atoms with van der Waals surface area (Å²) < 4.78 is 7.03. The van der Waals surface area contributed by atoms with Crippen molar-refractivity contribution in [2.45, 2.75) is 13.0 Å². The predicted octanol–water partition coefficient (Wildman–Crippen LogP) is 2.79. The number of nitrogens with two attached hydrogens (primary N) is 1. The third-order valence-electron chi connectivity index (χ3n) is 4.27. The Bertz CT molecular complexity index is 1010. The van der Waals surface area contributed by atoms with Crippen molar-refractivity contribution in [1.29, 1.82) is 0 Å². The Labute approximate surface area is 154 Å². The van der Waals surface area contributed by atoms with Crippen LogP contribution in [-0.4, -0.2) is 27.8 Å². The third kappa shape index (κ3) is 2.64. The first-order valence-corrected chi connectivity index (χ1v) is 8.88. The highest BCUT2D eigenvalue weighted by Gasteiger charge is 2.33. The summed E-state index contributed by atoms with van der Waals surface area (Å²) in [4.78, 5) is 17.7. The number of nitrogens with one attached hydrogen (secondary N) is 1. The molecule has 8 heteroatoms. The number of carbonyl (C=O) groups excluding carboxylic acids is 1. The number of amides is 1. The Balaban J connectivity index is 1.90. The van der Waals surface area contributed by atoms with Gasteiger partial charge >= 0.3 is 0 Å². The summed E-state index contributed by atoms with van der Waals surface area (Å²) >= 11 is 1.56. The van der Waals surface area contributed by atoms with Gasteiger partial charge in [0.1, 0.15) is 11.8 Å². The summed E-state index contributed by atoms with van der Waals surface area (Å²) in [7, 11) is 1.60. The number of fused-ring (bicyclic) bond motifs is 1. The zero-order valence-corrected chi connectivity index (χ0v) is 15.1. The standard InChI is InChI=1S/C18H17N5O2S/c1-10-14(16(19)24)15(11-5-3-6-12(9-11)25-2)23-18(20-10)21-17(22-23)13-7-4-8-26-13/h3-9,15H,1-2H3,(H2,19,24)(H,20,21,22)/t15-/m1/s1. The fourth-order valence-electron chi connectivity index (χ4n) is 3.10. The second-order valence-electron chi connectivity index (χ2n) is 5.89. The number of thiophene rings is 1. The summed E-state index contributed by atoms with van der Waals surface area (Å²) in [5, 5.41) is 9.76. The van der Waals surface area contributed by atoms with Crippen molar-refractivity contribution in [3.05, 3.63) is 58.6 Å². The van der Waals surface area contributed by atoms with Crippen LogP contribution in [0.2, 0.25) is 0 Å². The summed E-state index contributed by atoms with van der Waals surface area (Å²) in [6, 6.07) is 11.0. The van der Waals surface area contributed by atoms with E-state index >= 15 is 0 Å². The monoisotopic (exact) mass is 367 g/mol. The Morgan fingerprint density at radius 3 is 2.88 bits per heavy atom. The van der Waals surface area contributed by atoms with Gasteiger partial charge in [-0.3, -0.25) is 4.79 Å². The van der Waals surface area contributed by atoms with E-state index in [1.54, 1.807) is 23.1 Å². The van der Waals surface area contributed by atoms with Gasteiger partial charge in [-0.05, 0) is 36.1 Å². The van der Waals surface area contributed by atoms with Gasteiger partial charge in [-0.15, -0.1) is 16.4 Å². The van der Waals surface area contributed by atoms with E-state index in [0.717, 1.165) is 10.4 Å². The number of hydrogen-bond donors (Lipinski definition) is 2. The van der Waals surface area contributed by atoms with Crippen molar-refractivity contribution in [2.24, 2.45) is 5.73 Å². The molecule has 3 N–H and O–H groups in total. The smallest absolute Gasteiger partial charge is 0.248 e. The molecule has 0 aliphatic carbocycles. The van der Waals surface area contributed by atoms with Crippen LogP contribution < -0.4 is 15.8 Å². The normalized spacial score (nSPS) is 16.2.